The molecule has 4 nitrogen and oxygen atoms in total. The third kappa shape index (κ3) is 3.45. The van der Waals surface area contributed by atoms with Gasteiger partial charge in [0.2, 0.25) is 0 Å². The molecular formula is C14H20O4. The van der Waals surface area contributed by atoms with Crippen LogP contribution in [0.5, 0.6) is 0 Å². The molecule has 1 fully saturated rings. The van der Waals surface area contributed by atoms with Gasteiger partial charge in [0, 0.05) is 16.6 Å². The van der Waals surface area contributed by atoms with Crippen LogP contribution in [0.3, 0.4) is 0 Å². The maximum absolute atomic E-state index is 11.3. The Labute approximate surface area is 107 Å². The van der Waals surface area contributed by atoms with E-state index in [1.54, 1.807) is 12.2 Å². The Balaban J connectivity index is 2.93. The van der Waals surface area contributed by atoms with Gasteiger partial charge in [-0.1, -0.05) is 31.9 Å². The van der Waals surface area contributed by atoms with Gasteiger partial charge in [0.05, 0.1) is 0 Å². The van der Waals surface area contributed by atoms with Crippen molar-refractivity contribution < 1.29 is 19.8 Å². The first-order valence-corrected chi connectivity index (χ1v) is 6.29. The number of carbonyl (C=O) groups is 2. The zero-order valence-electron chi connectivity index (χ0n) is 10.9. The highest BCUT2D eigenvalue weighted by Crippen LogP contribution is 2.54. The Morgan fingerprint density at radius 3 is 2.22 bits per heavy atom. The van der Waals surface area contributed by atoms with E-state index in [4.69, 9.17) is 5.11 Å². The Morgan fingerprint density at radius 1 is 1.22 bits per heavy atom. The van der Waals surface area contributed by atoms with Crippen molar-refractivity contribution in [2.45, 2.75) is 46.0 Å². The standard InChI is InChI=1S/C14H20O4/c1-3-4-5-6-11(13(17)18)14(7-8-14)9-10(2)12(15)16/h6,9H,3-5,7-8H2,1-2H3,(H,15,16)(H,17,18). The molecule has 0 aliphatic heterocycles. The van der Waals surface area contributed by atoms with Gasteiger partial charge in [-0.2, -0.15) is 0 Å². The molecule has 0 amide bonds. The fraction of sp³-hybridized carbons (Fsp3) is 0.571. The molecule has 0 unspecified atom stereocenters. The van der Waals surface area contributed by atoms with Crippen molar-refractivity contribution in [3.63, 3.8) is 0 Å². The smallest absolute Gasteiger partial charge is 0.332 e. The fourth-order valence-electron chi connectivity index (χ4n) is 2.06. The molecule has 0 bridgehead atoms. The van der Waals surface area contributed by atoms with Crippen molar-refractivity contribution in [3.8, 4) is 0 Å². The van der Waals surface area contributed by atoms with Gasteiger partial charge in [-0.15, -0.1) is 0 Å². The number of carboxylic acid groups (broad SMARTS) is 2. The molecule has 0 aromatic heterocycles. The monoisotopic (exact) mass is 252 g/mol. The van der Waals surface area contributed by atoms with Crippen LogP contribution in [-0.4, -0.2) is 22.2 Å². The Hall–Kier alpha value is -1.58. The van der Waals surface area contributed by atoms with Gasteiger partial charge in [-0.3, -0.25) is 0 Å². The van der Waals surface area contributed by atoms with E-state index in [2.05, 4.69) is 6.92 Å². The fourth-order valence-corrected chi connectivity index (χ4v) is 2.06. The van der Waals surface area contributed by atoms with Crippen molar-refractivity contribution in [2.24, 2.45) is 5.41 Å². The minimum atomic E-state index is -0.987. The molecule has 0 radical (unpaired) electrons. The van der Waals surface area contributed by atoms with Gasteiger partial charge in [-0.25, -0.2) is 9.59 Å². The van der Waals surface area contributed by atoms with E-state index in [-0.39, 0.29) is 5.57 Å². The first-order chi connectivity index (χ1) is 8.43. The van der Waals surface area contributed by atoms with Crippen LogP contribution in [0, 0.1) is 5.41 Å². The maximum Gasteiger partial charge on any atom is 0.332 e. The quantitative estimate of drug-likeness (QED) is 0.539. The lowest BCUT2D eigenvalue weighted by molar-refractivity contribution is -0.134. The molecule has 0 spiro atoms. The second-order valence-corrected chi connectivity index (χ2v) is 4.85. The SMILES string of the molecule is CCCCC=C(C(=O)O)C1(C=C(C)C(=O)O)CC1. The lowest BCUT2D eigenvalue weighted by atomic mass is 9.92. The number of hydrogen-bond donors (Lipinski definition) is 2. The highest BCUT2D eigenvalue weighted by atomic mass is 16.4. The summed E-state index contributed by atoms with van der Waals surface area (Å²) in [6, 6.07) is 0. The molecule has 0 aromatic carbocycles. The molecule has 100 valence electrons. The Morgan fingerprint density at radius 2 is 1.83 bits per heavy atom. The molecule has 1 aliphatic carbocycles. The van der Waals surface area contributed by atoms with E-state index in [1.807, 2.05) is 0 Å². The largest absolute Gasteiger partial charge is 0.478 e. The number of unbranched alkanes of at least 4 members (excludes halogenated alkanes) is 2. The lowest BCUT2D eigenvalue weighted by Crippen LogP contribution is -2.13. The average Bonchev–Trinajstić information content (AvgIpc) is 3.04. The molecule has 1 saturated carbocycles. The van der Waals surface area contributed by atoms with E-state index < -0.39 is 17.4 Å². The molecule has 0 atom stereocenters. The number of carboxylic acids is 2. The zero-order valence-corrected chi connectivity index (χ0v) is 10.9. The Bertz CT molecular complexity index is 400. The normalized spacial score (nSPS) is 18.6. The van der Waals surface area contributed by atoms with Gasteiger partial charge in [0.1, 0.15) is 0 Å². The van der Waals surface area contributed by atoms with E-state index in [0.29, 0.717) is 5.57 Å². The molecular weight excluding hydrogens is 232 g/mol. The summed E-state index contributed by atoms with van der Waals surface area (Å²) in [6.07, 6.45) is 7.50. The van der Waals surface area contributed by atoms with E-state index in [1.165, 1.54) is 6.92 Å². The molecule has 0 saturated heterocycles. The van der Waals surface area contributed by atoms with Crippen molar-refractivity contribution in [1.29, 1.82) is 0 Å². The van der Waals surface area contributed by atoms with Crippen LogP contribution >= 0.6 is 0 Å². The summed E-state index contributed by atoms with van der Waals surface area (Å²) in [5, 5.41) is 18.1. The summed E-state index contributed by atoms with van der Waals surface area (Å²) < 4.78 is 0. The summed E-state index contributed by atoms with van der Waals surface area (Å²) >= 11 is 0. The van der Waals surface area contributed by atoms with E-state index in [0.717, 1.165) is 32.1 Å². The predicted molar refractivity (Wildman–Crippen MR) is 68.3 cm³/mol. The highest BCUT2D eigenvalue weighted by Gasteiger charge is 2.47. The summed E-state index contributed by atoms with van der Waals surface area (Å²) in [5.74, 6) is -1.92. The van der Waals surface area contributed by atoms with E-state index >= 15 is 0 Å². The second kappa shape index (κ2) is 5.85. The van der Waals surface area contributed by atoms with Crippen LogP contribution in [-0.2, 0) is 9.59 Å². The molecule has 4 heteroatoms. The first kappa shape index (κ1) is 14.5. The van der Waals surface area contributed by atoms with Crippen LogP contribution in [0.15, 0.2) is 23.3 Å². The minimum absolute atomic E-state index is 0.218. The first-order valence-electron chi connectivity index (χ1n) is 6.29. The van der Waals surface area contributed by atoms with Gasteiger partial charge in [-0.05, 0) is 26.2 Å². The highest BCUT2D eigenvalue weighted by molar-refractivity contribution is 5.91. The third-order valence-electron chi connectivity index (χ3n) is 3.29. The van der Waals surface area contributed by atoms with Crippen molar-refractivity contribution in [1.82, 2.24) is 0 Å². The Kier molecular flexibility index (Phi) is 4.70. The molecule has 2 N–H and O–H groups in total. The third-order valence-corrected chi connectivity index (χ3v) is 3.29. The molecule has 0 aromatic rings. The van der Waals surface area contributed by atoms with Crippen molar-refractivity contribution in [2.75, 3.05) is 0 Å². The second-order valence-electron chi connectivity index (χ2n) is 4.85. The van der Waals surface area contributed by atoms with Crippen LogP contribution < -0.4 is 0 Å². The maximum atomic E-state index is 11.3. The van der Waals surface area contributed by atoms with Crippen molar-refractivity contribution >= 4 is 11.9 Å². The zero-order chi connectivity index (χ0) is 13.8. The van der Waals surface area contributed by atoms with Crippen LogP contribution in [0.1, 0.15) is 46.0 Å². The summed E-state index contributed by atoms with van der Waals surface area (Å²) in [5.41, 5.74) is 0.0360. The topological polar surface area (TPSA) is 74.6 Å². The van der Waals surface area contributed by atoms with Crippen LogP contribution in [0.4, 0.5) is 0 Å². The van der Waals surface area contributed by atoms with Crippen LogP contribution in [0.2, 0.25) is 0 Å². The van der Waals surface area contributed by atoms with Gasteiger partial charge in [0.25, 0.3) is 0 Å². The number of aliphatic carboxylic acids is 2. The minimum Gasteiger partial charge on any atom is -0.478 e. The summed E-state index contributed by atoms with van der Waals surface area (Å²) in [6.45, 7) is 3.56. The lowest BCUT2D eigenvalue weighted by Gasteiger charge is -2.12. The number of rotatable bonds is 7. The summed E-state index contributed by atoms with van der Waals surface area (Å²) in [7, 11) is 0. The predicted octanol–water partition coefficient (Wildman–Crippen LogP) is 3.00. The molecule has 1 rings (SSSR count). The number of allylic oxidation sites excluding steroid dienone is 2. The van der Waals surface area contributed by atoms with Crippen molar-refractivity contribution in [3.05, 3.63) is 23.3 Å². The summed E-state index contributed by atoms with van der Waals surface area (Å²) in [4.78, 5) is 22.1. The van der Waals surface area contributed by atoms with Gasteiger partial charge >= 0.3 is 11.9 Å². The van der Waals surface area contributed by atoms with Gasteiger partial charge in [0.15, 0.2) is 0 Å². The molecule has 0 heterocycles. The molecule has 1 aliphatic rings. The van der Waals surface area contributed by atoms with E-state index in [9.17, 15) is 14.7 Å². The molecule has 18 heavy (non-hydrogen) atoms. The number of hydrogen-bond acceptors (Lipinski definition) is 2. The average molecular weight is 252 g/mol. The van der Waals surface area contributed by atoms with Gasteiger partial charge < -0.3 is 10.2 Å². The van der Waals surface area contributed by atoms with Crippen LogP contribution in [0.25, 0.3) is 0 Å².